The van der Waals surface area contributed by atoms with Crippen LogP contribution in [0, 0.1) is 6.92 Å². The molecule has 0 fully saturated rings. The van der Waals surface area contributed by atoms with Crippen LogP contribution in [-0.4, -0.2) is 10.9 Å². The number of halogens is 1. The lowest BCUT2D eigenvalue weighted by molar-refractivity contribution is 0.102. The SMILES string of the molecule is Cc1ccccc1Nc1cncc(C(=O)Nc2ccc(Br)cc2)c1. The molecule has 1 aromatic heterocycles. The molecular weight excluding hydrogens is 366 g/mol. The van der Waals surface area contributed by atoms with Gasteiger partial charge in [-0.05, 0) is 48.9 Å². The van der Waals surface area contributed by atoms with Crippen LogP contribution >= 0.6 is 15.9 Å². The van der Waals surface area contributed by atoms with E-state index in [0.717, 1.165) is 27.1 Å². The molecule has 0 saturated heterocycles. The van der Waals surface area contributed by atoms with Gasteiger partial charge in [0, 0.05) is 22.0 Å². The minimum atomic E-state index is -0.196. The Morgan fingerprint density at radius 2 is 1.75 bits per heavy atom. The monoisotopic (exact) mass is 381 g/mol. The molecule has 24 heavy (non-hydrogen) atoms. The van der Waals surface area contributed by atoms with Crippen molar-refractivity contribution in [1.29, 1.82) is 0 Å². The summed E-state index contributed by atoms with van der Waals surface area (Å²) in [5, 5.41) is 6.15. The summed E-state index contributed by atoms with van der Waals surface area (Å²) in [5.74, 6) is -0.196. The Kier molecular flexibility index (Phi) is 4.91. The first-order valence-corrected chi connectivity index (χ1v) is 8.26. The molecule has 0 aliphatic heterocycles. The molecule has 0 radical (unpaired) electrons. The van der Waals surface area contributed by atoms with E-state index >= 15 is 0 Å². The number of nitrogens with one attached hydrogen (secondary N) is 2. The van der Waals surface area contributed by atoms with Gasteiger partial charge in [-0.15, -0.1) is 0 Å². The lowest BCUT2D eigenvalue weighted by atomic mass is 10.2. The zero-order valence-corrected chi connectivity index (χ0v) is 14.7. The van der Waals surface area contributed by atoms with Gasteiger partial charge in [-0.2, -0.15) is 0 Å². The van der Waals surface area contributed by atoms with Crippen molar-refractivity contribution in [2.45, 2.75) is 6.92 Å². The molecule has 2 aromatic carbocycles. The number of aromatic nitrogens is 1. The minimum absolute atomic E-state index is 0.196. The normalized spacial score (nSPS) is 10.2. The van der Waals surface area contributed by atoms with Crippen LogP contribution in [-0.2, 0) is 0 Å². The van der Waals surface area contributed by atoms with E-state index in [2.05, 4.69) is 31.5 Å². The summed E-state index contributed by atoms with van der Waals surface area (Å²) in [6, 6.07) is 17.2. The minimum Gasteiger partial charge on any atom is -0.354 e. The zero-order valence-electron chi connectivity index (χ0n) is 13.1. The van der Waals surface area contributed by atoms with Crippen LogP contribution < -0.4 is 10.6 Å². The van der Waals surface area contributed by atoms with Gasteiger partial charge in [0.05, 0.1) is 17.4 Å². The highest BCUT2D eigenvalue weighted by molar-refractivity contribution is 9.10. The quantitative estimate of drug-likeness (QED) is 0.656. The van der Waals surface area contributed by atoms with Crippen molar-refractivity contribution < 1.29 is 4.79 Å². The van der Waals surface area contributed by atoms with Gasteiger partial charge < -0.3 is 10.6 Å². The van der Waals surface area contributed by atoms with Crippen molar-refractivity contribution >= 4 is 38.9 Å². The van der Waals surface area contributed by atoms with Crippen molar-refractivity contribution in [3.63, 3.8) is 0 Å². The van der Waals surface area contributed by atoms with Crippen LogP contribution in [0.25, 0.3) is 0 Å². The van der Waals surface area contributed by atoms with E-state index in [9.17, 15) is 4.79 Å². The van der Waals surface area contributed by atoms with Gasteiger partial charge >= 0.3 is 0 Å². The van der Waals surface area contributed by atoms with Crippen molar-refractivity contribution in [3.05, 3.63) is 82.6 Å². The number of anilines is 3. The van der Waals surface area contributed by atoms with E-state index in [4.69, 9.17) is 0 Å². The number of amides is 1. The molecule has 1 heterocycles. The highest BCUT2D eigenvalue weighted by Gasteiger charge is 2.08. The van der Waals surface area contributed by atoms with Gasteiger partial charge in [0.15, 0.2) is 0 Å². The van der Waals surface area contributed by atoms with E-state index in [1.165, 1.54) is 0 Å². The summed E-state index contributed by atoms with van der Waals surface area (Å²) < 4.78 is 0.964. The highest BCUT2D eigenvalue weighted by atomic mass is 79.9. The molecule has 0 aliphatic carbocycles. The summed E-state index contributed by atoms with van der Waals surface area (Å²) in [6.07, 6.45) is 3.25. The van der Waals surface area contributed by atoms with Crippen LogP contribution in [0.15, 0.2) is 71.5 Å². The first-order valence-electron chi connectivity index (χ1n) is 7.46. The Balaban J connectivity index is 1.76. The molecule has 0 saturated carbocycles. The first-order chi connectivity index (χ1) is 11.6. The third-order valence-corrected chi connectivity index (χ3v) is 4.06. The molecule has 3 aromatic rings. The van der Waals surface area contributed by atoms with Crippen LogP contribution in [0.2, 0.25) is 0 Å². The third kappa shape index (κ3) is 4.00. The van der Waals surface area contributed by atoms with E-state index in [-0.39, 0.29) is 5.91 Å². The molecule has 2 N–H and O–H groups in total. The lowest BCUT2D eigenvalue weighted by Gasteiger charge is -2.10. The van der Waals surface area contributed by atoms with E-state index < -0.39 is 0 Å². The topological polar surface area (TPSA) is 54.0 Å². The van der Waals surface area contributed by atoms with Crippen molar-refractivity contribution in [1.82, 2.24) is 4.98 Å². The second kappa shape index (κ2) is 7.27. The van der Waals surface area contributed by atoms with Crippen LogP contribution in [0.1, 0.15) is 15.9 Å². The Morgan fingerprint density at radius 1 is 1.00 bits per heavy atom. The molecule has 0 unspecified atom stereocenters. The fourth-order valence-electron chi connectivity index (χ4n) is 2.24. The summed E-state index contributed by atoms with van der Waals surface area (Å²) in [6.45, 7) is 2.03. The van der Waals surface area contributed by atoms with Gasteiger partial charge in [-0.25, -0.2) is 0 Å². The summed E-state index contributed by atoms with van der Waals surface area (Å²) in [4.78, 5) is 16.5. The third-order valence-electron chi connectivity index (χ3n) is 3.53. The predicted octanol–water partition coefficient (Wildman–Crippen LogP) is 5.15. The van der Waals surface area contributed by atoms with E-state index in [1.54, 1.807) is 18.5 Å². The molecule has 0 bridgehead atoms. The molecule has 120 valence electrons. The first kappa shape index (κ1) is 16.2. The fraction of sp³-hybridized carbons (Fsp3) is 0.0526. The largest absolute Gasteiger partial charge is 0.354 e. The standard InChI is InChI=1S/C19H16BrN3O/c1-13-4-2-3-5-18(13)22-17-10-14(11-21-12-17)19(24)23-16-8-6-15(20)7-9-16/h2-12,22H,1H3,(H,23,24). The average Bonchev–Trinajstić information content (AvgIpc) is 2.59. The number of pyridine rings is 1. The number of aryl methyl sites for hydroxylation is 1. The zero-order chi connectivity index (χ0) is 16.9. The van der Waals surface area contributed by atoms with Crippen LogP contribution in [0.3, 0.4) is 0 Å². The molecule has 0 aliphatic rings. The number of carbonyl (C=O) groups is 1. The maximum Gasteiger partial charge on any atom is 0.257 e. The molecule has 5 heteroatoms. The van der Waals surface area contributed by atoms with Gasteiger partial charge in [0.25, 0.3) is 5.91 Å². The number of hydrogen-bond acceptors (Lipinski definition) is 3. The number of para-hydroxylation sites is 1. The number of benzene rings is 2. The highest BCUT2D eigenvalue weighted by Crippen LogP contribution is 2.21. The summed E-state index contributed by atoms with van der Waals surface area (Å²) >= 11 is 3.37. The maximum absolute atomic E-state index is 12.4. The Morgan fingerprint density at radius 3 is 2.50 bits per heavy atom. The van der Waals surface area contributed by atoms with Crippen molar-refractivity contribution in [3.8, 4) is 0 Å². The van der Waals surface area contributed by atoms with Gasteiger partial charge in [-0.1, -0.05) is 34.1 Å². The number of carbonyl (C=O) groups excluding carboxylic acids is 1. The molecule has 4 nitrogen and oxygen atoms in total. The van der Waals surface area contributed by atoms with E-state index in [0.29, 0.717) is 5.56 Å². The molecule has 0 atom stereocenters. The summed E-state index contributed by atoms with van der Waals surface area (Å²) in [5.41, 5.74) is 4.12. The van der Waals surface area contributed by atoms with Gasteiger partial charge in [0.1, 0.15) is 0 Å². The Hall–Kier alpha value is -2.66. The predicted molar refractivity (Wildman–Crippen MR) is 101 cm³/mol. The van der Waals surface area contributed by atoms with Crippen molar-refractivity contribution in [2.75, 3.05) is 10.6 Å². The molecule has 3 rings (SSSR count). The average molecular weight is 382 g/mol. The fourth-order valence-corrected chi connectivity index (χ4v) is 2.50. The second-order valence-electron chi connectivity index (χ2n) is 5.36. The molecule has 1 amide bonds. The van der Waals surface area contributed by atoms with Crippen LogP contribution in [0.4, 0.5) is 17.1 Å². The van der Waals surface area contributed by atoms with E-state index in [1.807, 2.05) is 55.5 Å². The number of hydrogen-bond donors (Lipinski definition) is 2. The van der Waals surface area contributed by atoms with Crippen LogP contribution in [0.5, 0.6) is 0 Å². The molecule has 0 spiro atoms. The molecular formula is C19H16BrN3O. The Bertz CT molecular complexity index is 862. The summed E-state index contributed by atoms with van der Waals surface area (Å²) in [7, 11) is 0. The van der Waals surface area contributed by atoms with Gasteiger partial charge in [-0.3, -0.25) is 9.78 Å². The maximum atomic E-state index is 12.4. The lowest BCUT2D eigenvalue weighted by Crippen LogP contribution is -2.12. The number of nitrogens with zero attached hydrogens (tertiary/aromatic N) is 1. The van der Waals surface area contributed by atoms with Crippen molar-refractivity contribution in [2.24, 2.45) is 0 Å². The van der Waals surface area contributed by atoms with Gasteiger partial charge in [0.2, 0.25) is 0 Å². The second-order valence-corrected chi connectivity index (χ2v) is 6.28. The smallest absolute Gasteiger partial charge is 0.257 e. The Labute approximate surface area is 149 Å². The number of rotatable bonds is 4.